The molecule has 0 bridgehead atoms. The number of carbonyl (C=O) groups excluding carboxylic acids is 1. The zero-order valence-electron chi connectivity index (χ0n) is 8.42. The van der Waals surface area contributed by atoms with Crippen LogP contribution in [0.25, 0.3) is 0 Å². The van der Waals surface area contributed by atoms with Crippen LogP contribution in [0.1, 0.15) is 19.3 Å². The van der Waals surface area contributed by atoms with Crippen molar-refractivity contribution in [2.75, 3.05) is 24.6 Å². The first-order valence-electron chi connectivity index (χ1n) is 5.45. The van der Waals surface area contributed by atoms with Crippen molar-refractivity contribution in [1.82, 2.24) is 10.6 Å². The average Bonchev–Trinajstić information content (AvgIpc) is 2.72. The number of thioether (sulfide) groups is 1. The van der Waals surface area contributed by atoms with Gasteiger partial charge in [-0.05, 0) is 37.3 Å². The van der Waals surface area contributed by atoms with Gasteiger partial charge in [0.2, 0.25) is 5.91 Å². The van der Waals surface area contributed by atoms with Crippen molar-refractivity contribution in [1.29, 1.82) is 0 Å². The van der Waals surface area contributed by atoms with E-state index in [-0.39, 0.29) is 5.92 Å². The average molecular weight is 214 g/mol. The molecule has 3 nitrogen and oxygen atoms in total. The molecule has 0 saturated carbocycles. The van der Waals surface area contributed by atoms with Gasteiger partial charge in [-0.25, -0.2) is 0 Å². The number of hydrogen-bond acceptors (Lipinski definition) is 3. The first kappa shape index (κ1) is 10.3. The molecule has 0 aliphatic carbocycles. The van der Waals surface area contributed by atoms with Crippen molar-refractivity contribution in [2.45, 2.75) is 25.3 Å². The standard InChI is InChI=1S/C10H18N2OS/c13-10(8-2-5-14-6-3-8)12-9-1-4-11-7-9/h8-9,11H,1-7H2,(H,12,13). The first-order chi connectivity index (χ1) is 6.86. The molecule has 1 amide bonds. The minimum atomic E-state index is 0.289. The summed E-state index contributed by atoms with van der Waals surface area (Å²) in [7, 11) is 0. The van der Waals surface area contributed by atoms with Gasteiger partial charge in [0.05, 0.1) is 0 Å². The van der Waals surface area contributed by atoms with Crippen LogP contribution in [-0.2, 0) is 4.79 Å². The Kier molecular flexibility index (Phi) is 3.70. The van der Waals surface area contributed by atoms with E-state index < -0.39 is 0 Å². The van der Waals surface area contributed by atoms with E-state index in [0.29, 0.717) is 11.9 Å². The fraction of sp³-hybridized carbons (Fsp3) is 0.900. The molecule has 2 fully saturated rings. The van der Waals surface area contributed by atoms with Crippen molar-refractivity contribution >= 4 is 17.7 Å². The zero-order chi connectivity index (χ0) is 9.80. The quantitative estimate of drug-likeness (QED) is 0.707. The van der Waals surface area contributed by atoms with Gasteiger partial charge in [0.15, 0.2) is 0 Å². The van der Waals surface area contributed by atoms with E-state index in [1.165, 1.54) is 0 Å². The lowest BCUT2D eigenvalue weighted by Gasteiger charge is -2.22. The van der Waals surface area contributed by atoms with Crippen molar-refractivity contribution in [3.63, 3.8) is 0 Å². The Hall–Kier alpha value is -0.220. The van der Waals surface area contributed by atoms with Gasteiger partial charge in [-0.1, -0.05) is 0 Å². The summed E-state index contributed by atoms with van der Waals surface area (Å²) in [6.07, 6.45) is 3.22. The molecule has 14 heavy (non-hydrogen) atoms. The maximum Gasteiger partial charge on any atom is 0.223 e. The van der Waals surface area contributed by atoms with E-state index in [1.807, 2.05) is 11.8 Å². The topological polar surface area (TPSA) is 41.1 Å². The third kappa shape index (κ3) is 2.64. The van der Waals surface area contributed by atoms with E-state index in [4.69, 9.17) is 0 Å². The lowest BCUT2D eigenvalue weighted by molar-refractivity contribution is -0.125. The number of nitrogens with one attached hydrogen (secondary N) is 2. The summed E-state index contributed by atoms with van der Waals surface area (Å²) >= 11 is 1.97. The third-order valence-corrected chi connectivity index (χ3v) is 4.05. The number of rotatable bonds is 2. The first-order valence-corrected chi connectivity index (χ1v) is 6.60. The molecule has 0 radical (unpaired) electrons. The SMILES string of the molecule is O=C(NC1CCNC1)C1CCSCC1. The van der Waals surface area contributed by atoms with Gasteiger partial charge < -0.3 is 10.6 Å². The van der Waals surface area contributed by atoms with Crippen LogP contribution >= 0.6 is 11.8 Å². The van der Waals surface area contributed by atoms with E-state index in [0.717, 1.165) is 43.9 Å². The Morgan fingerprint density at radius 1 is 1.29 bits per heavy atom. The molecule has 2 rings (SSSR count). The van der Waals surface area contributed by atoms with Gasteiger partial charge >= 0.3 is 0 Å². The Labute approximate surface area is 89.4 Å². The number of hydrogen-bond donors (Lipinski definition) is 2. The van der Waals surface area contributed by atoms with Gasteiger partial charge in [-0.15, -0.1) is 0 Å². The fourth-order valence-corrected chi connectivity index (χ4v) is 3.16. The van der Waals surface area contributed by atoms with Crippen LogP contribution in [0.2, 0.25) is 0 Å². The van der Waals surface area contributed by atoms with Crippen molar-refractivity contribution in [3.8, 4) is 0 Å². The fourth-order valence-electron chi connectivity index (χ4n) is 2.06. The summed E-state index contributed by atoms with van der Waals surface area (Å²) in [4.78, 5) is 11.8. The van der Waals surface area contributed by atoms with Crippen LogP contribution in [0.5, 0.6) is 0 Å². The second-order valence-electron chi connectivity index (χ2n) is 4.08. The summed E-state index contributed by atoms with van der Waals surface area (Å²) in [5.74, 6) is 2.89. The molecule has 4 heteroatoms. The molecule has 2 saturated heterocycles. The van der Waals surface area contributed by atoms with Gasteiger partial charge in [-0.2, -0.15) is 11.8 Å². The summed E-state index contributed by atoms with van der Waals surface area (Å²) < 4.78 is 0. The molecule has 80 valence electrons. The minimum Gasteiger partial charge on any atom is -0.352 e. The van der Waals surface area contributed by atoms with E-state index in [9.17, 15) is 4.79 Å². The zero-order valence-corrected chi connectivity index (χ0v) is 9.24. The largest absolute Gasteiger partial charge is 0.352 e. The molecular formula is C10H18N2OS. The second-order valence-corrected chi connectivity index (χ2v) is 5.31. The summed E-state index contributed by atoms with van der Waals surface area (Å²) in [5, 5.41) is 6.40. The molecule has 1 unspecified atom stereocenters. The van der Waals surface area contributed by atoms with Gasteiger partial charge in [0.1, 0.15) is 0 Å². The van der Waals surface area contributed by atoms with E-state index >= 15 is 0 Å². The van der Waals surface area contributed by atoms with Crippen molar-refractivity contribution < 1.29 is 4.79 Å². The predicted octanol–water partition coefficient (Wildman–Crippen LogP) is 0.608. The molecule has 2 aliphatic heterocycles. The number of amides is 1. The van der Waals surface area contributed by atoms with Crippen LogP contribution in [0.3, 0.4) is 0 Å². The predicted molar refractivity (Wildman–Crippen MR) is 59.5 cm³/mol. The van der Waals surface area contributed by atoms with Gasteiger partial charge in [0, 0.05) is 18.5 Å². The molecule has 2 heterocycles. The second kappa shape index (κ2) is 5.03. The minimum absolute atomic E-state index is 0.289. The van der Waals surface area contributed by atoms with Gasteiger partial charge in [0.25, 0.3) is 0 Å². The van der Waals surface area contributed by atoms with E-state index in [1.54, 1.807) is 0 Å². The van der Waals surface area contributed by atoms with Crippen LogP contribution in [0.4, 0.5) is 0 Å². The molecule has 0 aromatic rings. The number of carbonyl (C=O) groups is 1. The molecule has 0 spiro atoms. The van der Waals surface area contributed by atoms with Crippen LogP contribution in [-0.4, -0.2) is 36.5 Å². The lowest BCUT2D eigenvalue weighted by atomic mass is 10.0. The maximum atomic E-state index is 11.8. The molecule has 1 atom stereocenters. The maximum absolute atomic E-state index is 11.8. The molecular weight excluding hydrogens is 196 g/mol. The summed E-state index contributed by atoms with van der Waals surface area (Å²) in [5.41, 5.74) is 0. The highest BCUT2D eigenvalue weighted by Crippen LogP contribution is 2.22. The Morgan fingerprint density at radius 2 is 2.07 bits per heavy atom. The molecule has 0 aromatic carbocycles. The van der Waals surface area contributed by atoms with Crippen LogP contribution in [0.15, 0.2) is 0 Å². The van der Waals surface area contributed by atoms with Crippen molar-refractivity contribution in [3.05, 3.63) is 0 Å². The molecule has 2 aliphatic rings. The Bertz CT molecular complexity index is 198. The highest BCUT2D eigenvalue weighted by atomic mass is 32.2. The van der Waals surface area contributed by atoms with Crippen LogP contribution < -0.4 is 10.6 Å². The highest BCUT2D eigenvalue weighted by Gasteiger charge is 2.24. The summed E-state index contributed by atoms with van der Waals surface area (Å²) in [6.45, 7) is 2.00. The van der Waals surface area contributed by atoms with Crippen LogP contribution in [0, 0.1) is 5.92 Å². The van der Waals surface area contributed by atoms with Gasteiger partial charge in [-0.3, -0.25) is 4.79 Å². The van der Waals surface area contributed by atoms with E-state index in [2.05, 4.69) is 10.6 Å². The van der Waals surface area contributed by atoms with Crippen molar-refractivity contribution in [2.24, 2.45) is 5.92 Å². The lowest BCUT2D eigenvalue weighted by Crippen LogP contribution is -2.41. The smallest absolute Gasteiger partial charge is 0.223 e. The normalized spacial score (nSPS) is 29.0. The third-order valence-electron chi connectivity index (χ3n) is 3.00. The monoisotopic (exact) mass is 214 g/mol. The molecule has 0 aromatic heterocycles. The molecule has 2 N–H and O–H groups in total. The summed E-state index contributed by atoms with van der Waals surface area (Å²) in [6, 6.07) is 0.386. The Morgan fingerprint density at radius 3 is 2.71 bits per heavy atom. The Balaban J connectivity index is 1.75. The highest BCUT2D eigenvalue weighted by molar-refractivity contribution is 7.99.